The van der Waals surface area contributed by atoms with E-state index in [0.29, 0.717) is 0 Å². The number of benzene rings is 8. The average Bonchev–Trinajstić information content (AvgIpc) is 3.51. The van der Waals surface area contributed by atoms with Gasteiger partial charge in [-0.1, -0.05) is 201 Å². The van der Waals surface area contributed by atoms with E-state index in [1.807, 2.05) is 12.1 Å². The second kappa shape index (κ2) is 13.6. The number of hydrogen-bond donors (Lipinski definition) is 0. The molecule has 0 aromatic heterocycles. The molecule has 56 heavy (non-hydrogen) atoms. The Labute approximate surface area is 329 Å². The van der Waals surface area contributed by atoms with E-state index in [4.69, 9.17) is 4.99 Å². The van der Waals surface area contributed by atoms with Crippen molar-refractivity contribution in [2.45, 2.75) is 12.3 Å². The second-order valence-corrected chi connectivity index (χ2v) is 14.8. The number of aliphatic imine (C=N–C) groups is 1. The molecule has 8 aromatic rings. The molecule has 0 saturated carbocycles. The fourth-order valence-corrected chi connectivity index (χ4v) is 9.07. The Balaban J connectivity index is 1.09. The summed E-state index contributed by atoms with van der Waals surface area (Å²) in [4.78, 5) is 5.13. The molecule has 0 amide bonds. The third kappa shape index (κ3) is 5.35. The number of nitrogens with zero attached hydrogens (tertiary/aromatic N) is 1. The van der Waals surface area contributed by atoms with Crippen LogP contribution in [0.1, 0.15) is 45.9 Å². The predicted octanol–water partition coefficient (Wildman–Crippen LogP) is 13.9. The molecule has 0 heterocycles. The van der Waals surface area contributed by atoms with Crippen LogP contribution in [0.25, 0.3) is 55.8 Å². The van der Waals surface area contributed by atoms with Gasteiger partial charge < -0.3 is 0 Å². The van der Waals surface area contributed by atoms with Crippen LogP contribution < -0.4 is 0 Å². The minimum Gasteiger partial charge on any atom is -0.248 e. The topological polar surface area (TPSA) is 12.4 Å². The zero-order valence-electron chi connectivity index (χ0n) is 31.3. The van der Waals surface area contributed by atoms with Gasteiger partial charge in [0.25, 0.3) is 0 Å². The van der Waals surface area contributed by atoms with Gasteiger partial charge in [-0.15, -0.1) is 0 Å². The number of rotatable bonds is 6. The number of hydrogen-bond acceptors (Lipinski definition) is 1. The first-order valence-corrected chi connectivity index (χ1v) is 19.3. The van der Waals surface area contributed by atoms with Crippen molar-refractivity contribution in [3.05, 3.63) is 252 Å². The van der Waals surface area contributed by atoms with Gasteiger partial charge in [0.1, 0.15) is 0 Å². The van der Waals surface area contributed by atoms with Crippen LogP contribution in [0, 0.1) is 0 Å². The van der Waals surface area contributed by atoms with Crippen LogP contribution in [-0.2, 0) is 5.41 Å². The molecule has 0 atom stereocenters. The smallest absolute Gasteiger partial charge is 0.0725 e. The monoisotopic (exact) mass is 713 g/mol. The van der Waals surface area contributed by atoms with E-state index < -0.39 is 5.41 Å². The molecule has 0 aliphatic heterocycles. The molecule has 0 bridgehead atoms. The van der Waals surface area contributed by atoms with Gasteiger partial charge >= 0.3 is 0 Å². The summed E-state index contributed by atoms with van der Waals surface area (Å²) in [5.74, 6) is 0. The molecule has 10 rings (SSSR count). The quantitative estimate of drug-likeness (QED) is 0.152. The van der Waals surface area contributed by atoms with Crippen LogP contribution in [0.3, 0.4) is 0 Å². The summed E-state index contributed by atoms with van der Waals surface area (Å²) in [5, 5.41) is 0. The Morgan fingerprint density at radius 2 is 0.839 bits per heavy atom. The van der Waals surface area contributed by atoms with E-state index in [1.165, 1.54) is 66.8 Å². The normalized spacial score (nSPS) is 13.5. The molecule has 0 fully saturated rings. The van der Waals surface area contributed by atoms with Crippen molar-refractivity contribution < 1.29 is 0 Å². The molecule has 2 aliphatic carbocycles. The van der Waals surface area contributed by atoms with Gasteiger partial charge in [0, 0.05) is 5.56 Å². The number of fused-ring (bicyclic) bond motifs is 12. The van der Waals surface area contributed by atoms with Gasteiger partial charge in [-0.3, -0.25) is 0 Å². The maximum absolute atomic E-state index is 5.13. The minimum atomic E-state index is -0.504. The maximum atomic E-state index is 5.13. The molecule has 8 aromatic carbocycles. The lowest BCUT2D eigenvalue weighted by Crippen LogP contribution is -2.29. The largest absolute Gasteiger partial charge is 0.248 e. The highest BCUT2D eigenvalue weighted by Gasteiger charge is 2.49. The second-order valence-electron chi connectivity index (χ2n) is 14.8. The predicted molar refractivity (Wildman–Crippen MR) is 236 cm³/mol. The van der Waals surface area contributed by atoms with Gasteiger partial charge in [-0.25, -0.2) is 4.99 Å². The van der Waals surface area contributed by atoms with Crippen molar-refractivity contribution >= 4 is 17.0 Å². The van der Waals surface area contributed by atoms with E-state index in [2.05, 4.69) is 208 Å². The summed E-state index contributed by atoms with van der Waals surface area (Å²) in [5.41, 5.74) is 20.8. The molecule has 1 spiro atoms. The summed E-state index contributed by atoms with van der Waals surface area (Å²) >= 11 is 0. The van der Waals surface area contributed by atoms with Gasteiger partial charge in [0.15, 0.2) is 0 Å². The lowest BCUT2D eigenvalue weighted by Gasteiger charge is -2.35. The molecule has 1 nitrogen and oxygen atoms in total. The molecule has 0 N–H and O–H groups in total. The molecule has 0 unspecified atom stereocenters. The lowest BCUT2D eigenvalue weighted by atomic mass is 9.65. The van der Waals surface area contributed by atoms with Crippen molar-refractivity contribution in [3.63, 3.8) is 0 Å². The van der Waals surface area contributed by atoms with E-state index in [0.717, 1.165) is 33.7 Å². The highest BCUT2D eigenvalue weighted by molar-refractivity contribution is 6.14. The summed E-state index contributed by atoms with van der Waals surface area (Å²) in [6.45, 7) is 6.59. The first-order chi connectivity index (χ1) is 27.6. The fraction of sp³-hybridized carbons (Fsp3) is 0.0364. The summed E-state index contributed by atoms with van der Waals surface area (Å²) in [7, 11) is 0. The van der Waals surface area contributed by atoms with E-state index in [9.17, 15) is 0 Å². The van der Waals surface area contributed by atoms with Crippen LogP contribution in [0.15, 0.2) is 218 Å². The third-order valence-electron chi connectivity index (χ3n) is 11.7. The van der Waals surface area contributed by atoms with Crippen LogP contribution in [0.5, 0.6) is 0 Å². The molecule has 264 valence electrons. The van der Waals surface area contributed by atoms with Gasteiger partial charge in [0.2, 0.25) is 0 Å². The zero-order chi connectivity index (χ0) is 37.6. The standard InChI is InChI=1S/C55H39N/c1-37(39-17-5-3-6-18-39)35-54(42-19-7-4-8-20-42)56-38(2)40-29-31-41(32-30-40)43-33-34-49-48-25-13-16-28-52(48)55(53(49)36-43)50-26-14-11-23-46(50)44-21-9-10-22-45(44)47-24-12-15-27-51(47)55/h3-36H,2H2,1H3/b37-35+,56-54+. The molecular weight excluding hydrogens is 675 g/mol. The molecular formula is C55H39N. The van der Waals surface area contributed by atoms with Crippen molar-refractivity contribution in [2.75, 3.05) is 0 Å². The summed E-state index contributed by atoms with van der Waals surface area (Å²) < 4.78 is 0. The van der Waals surface area contributed by atoms with Crippen LogP contribution in [0.2, 0.25) is 0 Å². The van der Waals surface area contributed by atoms with Gasteiger partial charge in [0.05, 0.1) is 16.8 Å². The highest BCUT2D eigenvalue weighted by Crippen LogP contribution is 2.61. The molecule has 2 aliphatic rings. The van der Waals surface area contributed by atoms with Crippen molar-refractivity contribution in [1.82, 2.24) is 0 Å². The van der Waals surface area contributed by atoms with Gasteiger partial charge in [-0.05, 0) is 103 Å². The van der Waals surface area contributed by atoms with Crippen molar-refractivity contribution in [3.8, 4) is 44.5 Å². The van der Waals surface area contributed by atoms with Crippen molar-refractivity contribution in [1.29, 1.82) is 0 Å². The van der Waals surface area contributed by atoms with E-state index in [1.54, 1.807) is 0 Å². The Hall–Kier alpha value is -7.09. The maximum Gasteiger partial charge on any atom is 0.0725 e. The Morgan fingerprint density at radius 1 is 0.411 bits per heavy atom. The third-order valence-corrected chi connectivity index (χ3v) is 11.7. The highest BCUT2D eigenvalue weighted by atomic mass is 14.8. The number of allylic oxidation sites excluding steroid dienone is 2. The fourth-order valence-electron chi connectivity index (χ4n) is 9.07. The minimum absolute atomic E-state index is 0.504. The Kier molecular flexibility index (Phi) is 8.16. The SMILES string of the molecule is C=C(/N=C(\C=C(/C)c1ccccc1)c1ccccc1)c1ccc(-c2ccc3c(c2)C2(c4ccccc4-c4ccccc4-c4ccccc42)c2ccccc2-3)cc1. The molecule has 0 saturated heterocycles. The van der Waals surface area contributed by atoms with E-state index in [-0.39, 0.29) is 0 Å². The van der Waals surface area contributed by atoms with Crippen LogP contribution >= 0.6 is 0 Å². The summed E-state index contributed by atoms with van der Waals surface area (Å²) in [6, 6.07) is 72.6. The van der Waals surface area contributed by atoms with Crippen LogP contribution in [-0.4, -0.2) is 5.71 Å². The lowest BCUT2D eigenvalue weighted by molar-refractivity contribution is 0.775. The first-order valence-electron chi connectivity index (χ1n) is 19.3. The first kappa shape index (κ1) is 33.5. The zero-order valence-corrected chi connectivity index (χ0v) is 31.3. The van der Waals surface area contributed by atoms with Gasteiger partial charge in [-0.2, -0.15) is 0 Å². The van der Waals surface area contributed by atoms with E-state index >= 15 is 0 Å². The van der Waals surface area contributed by atoms with Crippen LogP contribution in [0.4, 0.5) is 0 Å². The summed E-state index contributed by atoms with van der Waals surface area (Å²) in [6.07, 6.45) is 2.16. The Morgan fingerprint density at radius 3 is 1.39 bits per heavy atom. The Bertz CT molecular complexity index is 2790. The average molecular weight is 714 g/mol. The van der Waals surface area contributed by atoms with Crippen molar-refractivity contribution in [2.24, 2.45) is 4.99 Å². The molecule has 0 radical (unpaired) electrons. The molecule has 1 heteroatoms.